The van der Waals surface area contributed by atoms with E-state index < -0.39 is 23.2 Å². The number of aromatic hydroxyl groups is 3. The summed E-state index contributed by atoms with van der Waals surface area (Å²) in [7, 11) is 0. The van der Waals surface area contributed by atoms with Crippen LogP contribution in [0.5, 0.6) is 17.2 Å². The van der Waals surface area contributed by atoms with Gasteiger partial charge in [0.1, 0.15) is 0 Å². The van der Waals surface area contributed by atoms with Gasteiger partial charge in [-0.15, -0.1) is 0 Å². The van der Waals surface area contributed by atoms with Gasteiger partial charge in [-0.25, -0.2) is 0 Å². The topological polar surface area (TPSA) is 110 Å². The van der Waals surface area contributed by atoms with Crippen molar-refractivity contribution in [2.45, 2.75) is 31.7 Å². The van der Waals surface area contributed by atoms with Crippen molar-refractivity contribution in [2.75, 3.05) is 13.1 Å². The van der Waals surface area contributed by atoms with Crippen molar-refractivity contribution in [3.05, 3.63) is 53.6 Å². The van der Waals surface area contributed by atoms with Crippen LogP contribution in [0.15, 0.2) is 42.5 Å². The molecule has 2 amide bonds. The predicted octanol–water partition coefficient (Wildman–Crippen LogP) is 2.16. The molecule has 2 aromatic carbocycles. The Balaban J connectivity index is 1.47. The van der Waals surface area contributed by atoms with Gasteiger partial charge in [0.15, 0.2) is 17.2 Å². The van der Waals surface area contributed by atoms with Gasteiger partial charge in [0.2, 0.25) is 5.91 Å². The number of rotatable bonds is 5. The van der Waals surface area contributed by atoms with Crippen LogP contribution in [0, 0.1) is 0 Å². The van der Waals surface area contributed by atoms with E-state index in [1.165, 1.54) is 0 Å². The Morgan fingerprint density at radius 3 is 2.21 bits per heavy atom. The number of hydrogen-bond acceptors (Lipinski definition) is 5. The lowest BCUT2D eigenvalue weighted by Crippen LogP contribution is -2.46. The lowest BCUT2D eigenvalue weighted by atomic mass is 10.0. The Kier molecular flexibility index (Phi) is 6.03. The second kappa shape index (κ2) is 8.65. The Bertz CT molecular complexity index is 822. The highest BCUT2D eigenvalue weighted by Gasteiger charge is 2.24. The Morgan fingerprint density at radius 2 is 1.61 bits per heavy atom. The highest BCUT2D eigenvalue weighted by Crippen LogP contribution is 2.35. The fourth-order valence-corrected chi connectivity index (χ4v) is 3.33. The molecule has 1 heterocycles. The minimum absolute atomic E-state index is 0.0640. The number of hydrogen-bond donors (Lipinski definition) is 4. The van der Waals surface area contributed by atoms with Crippen LogP contribution in [0.3, 0.4) is 0 Å². The summed E-state index contributed by atoms with van der Waals surface area (Å²) >= 11 is 0. The molecule has 28 heavy (non-hydrogen) atoms. The number of nitrogens with one attached hydrogen (secondary N) is 1. The third-order valence-corrected chi connectivity index (χ3v) is 4.99. The summed E-state index contributed by atoms with van der Waals surface area (Å²) in [4.78, 5) is 26.5. The van der Waals surface area contributed by atoms with E-state index in [2.05, 4.69) is 5.32 Å². The van der Waals surface area contributed by atoms with Gasteiger partial charge in [0.05, 0.1) is 0 Å². The number of aryl methyl sites for hydroxylation is 1. The van der Waals surface area contributed by atoms with Crippen LogP contribution in [0.25, 0.3) is 0 Å². The van der Waals surface area contributed by atoms with E-state index in [-0.39, 0.29) is 17.5 Å². The summed E-state index contributed by atoms with van der Waals surface area (Å²) in [6.07, 6.45) is 2.45. The quantitative estimate of drug-likeness (QED) is 0.591. The van der Waals surface area contributed by atoms with Gasteiger partial charge in [-0.1, -0.05) is 30.3 Å². The second-order valence-electron chi connectivity index (χ2n) is 6.98. The van der Waals surface area contributed by atoms with Crippen LogP contribution < -0.4 is 5.32 Å². The van der Waals surface area contributed by atoms with E-state index in [0.717, 1.165) is 17.7 Å². The minimum Gasteiger partial charge on any atom is -0.504 e. The molecule has 1 aliphatic heterocycles. The lowest BCUT2D eigenvalue weighted by Gasteiger charge is -2.32. The van der Waals surface area contributed by atoms with Gasteiger partial charge < -0.3 is 25.5 Å². The van der Waals surface area contributed by atoms with Gasteiger partial charge in [0.25, 0.3) is 5.91 Å². The highest BCUT2D eigenvalue weighted by molar-refractivity contribution is 5.95. The van der Waals surface area contributed by atoms with Crippen molar-refractivity contribution >= 4 is 11.8 Å². The fourth-order valence-electron chi connectivity index (χ4n) is 3.33. The molecule has 3 rings (SSSR count). The van der Waals surface area contributed by atoms with Crippen LogP contribution in [-0.2, 0) is 11.2 Å². The smallest absolute Gasteiger partial charge is 0.251 e. The number of nitrogens with zero attached hydrogens (tertiary/aromatic N) is 1. The first-order valence-corrected chi connectivity index (χ1v) is 9.31. The number of carbonyl (C=O) groups is 2. The molecule has 1 saturated heterocycles. The molecule has 0 saturated carbocycles. The van der Waals surface area contributed by atoms with Crippen molar-refractivity contribution in [3.63, 3.8) is 0 Å². The van der Waals surface area contributed by atoms with E-state index in [1.54, 1.807) is 0 Å². The molecule has 7 nitrogen and oxygen atoms in total. The van der Waals surface area contributed by atoms with E-state index in [0.29, 0.717) is 38.8 Å². The monoisotopic (exact) mass is 384 g/mol. The Morgan fingerprint density at radius 1 is 1.00 bits per heavy atom. The number of phenolic OH excluding ortho intramolecular Hbond substituents is 3. The fraction of sp³-hybridized carbons (Fsp3) is 0.333. The van der Waals surface area contributed by atoms with Crippen molar-refractivity contribution < 1.29 is 24.9 Å². The van der Waals surface area contributed by atoms with Crippen LogP contribution in [0.1, 0.15) is 35.2 Å². The second-order valence-corrected chi connectivity index (χ2v) is 6.98. The standard InChI is InChI=1S/C21H24N2O5/c24-17-12-15(13-18(25)20(17)27)21(28)22-16-8-10-23(11-9-16)19(26)7-6-14-4-2-1-3-5-14/h1-5,12-13,16,24-25,27H,6-11H2,(H,22,28). The summed E-state index contributed by atoms with van der Waals surface area (Å²) in [5, 5.41) is 31.3. The summed E-state index contributed by atoms with van der Waals surface area (Å²) in [6.45, 7) is 1.15. The van der Waals surface area contributed by atoms with Gasteiger partial charge in [-0.2, -0.15) is 0 Å². The zero-order valence-electron chi connectivity index (χ0n) is 15.5. The molecule has 7 heteroatoms. The summed E-state index contributed by atoms with van der Waals surface area (Å²) in [5.74, 6) is -2.09. The minimum atomic E-state index is -0.654. The molecule has 0 unspecified atom stereocenters. The van der Waals surface area contributed by atoms with E-state index in [4.69, 9.17) is 0 Å². The molecule has 2 aromatic rings. The zero-order valence-corrected chi connectivity index (χ0v) is 15.5. The number of likely N-dealkylation sites (tertiary alicyclic amines) is 1. The first-order valence-electron chi connectivity index (χ1n) is 9.31. The molecule has 1 fully saturated rings. The maximum absolute atomic E-state index is 12.4. The SMILES string of the molecule is O=C(NC1CCN(C(=O)CCc2ccccc2)CC1)c1cc(O)c(O)c(O)c1. The van der Waals surface area contributed by atoms with Crippen LogP contribution in [-0.4, -0.2) is 51.2 Å². The Hall–Kier alpha value is -3.22. The van der Waals surface area contributed by atoms with Gasteiger partial charge >= 0.3 is 0 Å². The van der Waals surface area contributed by atoms with E-state index in [9.17, 15) is 24.9 Å². The summed E-state index contributed by atoms with van der Waals surface area (Å²) in [5.41, 5.74) is 1.20. The van der Waals surface area contributed by atoms with Gasteiger partial charge in [-0.3, -0.25) is 9.59 Å². The molecule has 148 valence electrons. The predicted molar refractivity (Wildman–Crippen MR) is 103 cm³/mol. The maximum Gasteiger partial charge on any atom is 0.251 e. The third kappa shape index (κ3) is 4.73. The first-order chi connectivity index (χ1) is 13.4. The molecular formula is C21H24N2O5. The maximum atomic E-state index is 12.4. The number of phenols is 3. The molecule has 0 spiro atoms. The van der Waals surface area contributed by atoms with E-state index >= 15 is 0 Å². The van der Waals surface area contributed by atoms with Gasteiger partial charge in [0, 0.05) is 31.1 Å². The molecule has 0 aliphatic carbocycles. The molecule has 0 atom stereocenters. The highest BCUT2D eigenvalue weighted by atomic mass is 16.3. The van der Waals surface area contributed by atoms with Crippen molar-refractivity contribution in [1.29, 1.82) is 0 Å². The van der Waals surface area contributed by atoms with Crippen LogP contribution >= 0.6 is 0 Å². The third-order valence-electron chi connectivity index (χ3n) is 4.99. The molecule has 0 radical (unpaired) electrons. The Labute approximate surface area is 163 Å². The first kappa shape index (κ1) is 19.5. The number of piperidine rings is 1. The number of carbonyl (C=O) groups excluding carboxylic acids is 2. The largest absolute Gasteiger partial charge is 0.504 e. The van der Waals surface area contributed by atoms with Crippen molar-refractivity contribution in [1.82, 2.24) is 10.2 Å². The van der Waals surface area contributed by atoms with Crippen LogP contribution in [0.4, 0.5) is 0 Å². The lowest BCUT2D eigenvalue weighted by molar-refractivity contribution is -0.132. The molecule has 0 aromatic heterocycles. The molecular weight excluding hydrogens is 360 g/mol. The van der Waals surface area contributed by atoms with Crippen LogP contribution in [0.2, 0.25) is 0 Å². The normalized spacial score (nSPS) is 14.6. The molecule has 0 bridgehead atoms. The summed E-state index contributed by atoms with van der Waals surface area (Å²) in [6, 6.07) is 12.0. The van der Waals surface area contributed by atoms with Gasteiger partial charge in [-0.05, 0) is 37.0 Å². The van der Waals surface area contributed by atoms with Crippen molar-refractivity contribution in [2.24, 2.45) is 0 Å². The average Bonchev–Trinajstić information content (AvgIpc) is 2.71. The molecule has 1 aliphatic rings. The number of amides is 2. The zero-order chi connectivity index (χ0) is 20.1. The van der Waals surface area contributed by atoms with E-state index in [1.807, 2.05) is 35.2 Å². The summed E-state index contributed by atoms with van der Waals surface area (Å²) < 4.78 is 0. The number of benzene rings is 2. The average molecular weight is 384 g/mol. The van der Waals surface area contributed by atoms with Crippen molar-refractivity contribution in [3.8, 4) is 17.2 Å². The molecule has 4 N–H and O–H groups in total.